The third-order valence-corrected chi connectivity index (χ3v) is 2.72. The second kappa shape index (κ2) is 4.45. The van der Waals surface area contributed by atoms with Crippen molar-refractivity contribution in [1.82, 2.24) is 9.55 Å². The molecule has 4 heteroatoms. The van der Waals surface area contributed by atoms with E-state index in [1.54, 1.807) is 7.11 Å². The van der Waals surface area contributed by atoms with Gasteiger partial charge < -0.3 is 15.0 Å². The first kappa shape index (κ1) is 13.0. The van der Waals surface area contributed by atoms with E-state index >= 15 is 0 Å². The van der Waals surface area contributed by atoms with Gasteiger partial charge in [-0.1, -0.05) is 27.7 Å². The molecule has 1 unspecified atom stereocenters. The van der Waals surface area contributed by atoms with Crippen LogP contribution in [0.3, 0.4) is 0 Å². The van der Waals surface area contributed by atoms with Crippen molar-refractivity contribution in [2.45, 2.75) is 39.0 Å². The molecule has 0 saturated heterocycles. The highest BCUT2D eigenvalue weighted by molar-refractivity contribution is 5.41. The second-order valence-corrected chi connectivity index (χ2v) is 5.37. The predicted octanol–water partition coefficient (Wildman–Crippen LogP) is 2.05. The number of anilines is 1. The molecule has 2 N–H and O–H groups in total. The monoisotopic (exact) mass is 225 g/mol. The van der Waals surface area contributed by atoms with Crippen molar-refractivity contribution in [3.05, 3.63) is 11.5 Å². The summed E-state index contributed by atoms with van der Waals surface area (Å²) in [5, 5.41) is 0. The van der Waals surface area contributed by atoms with Gasteiger partial charge in [-0.25, -0.2) is 4.98 Å². The summed E-state index contributed by atoms with van der Waals surface area (Å²) in [7, 11) is 3.66. The van der Waals surface area contributed by atoms with Crippen LogP contribution < -0.4 is 5.73 Å². The molecule has 92 valence electrons. The average molecular weight is 225 g/mol. The SMILES string of the molecule is COCC(C)c1nc(C(C)(C)C)n(C)c1N. The second-order valence-electron chi connectivity index (χ2n) is 5.37. The van der Waals surface area contributed by atoms with Crippen molar-refractivity contribution < 1.29 is 4.74 Å². The van der Waals surface area contributed by atoms with Crippen LogP contribution in [0, 0.1) is 0 Å². The molecule has 16 heavy (non-hydrogen) atoms. The van der Waals surface area contributed by atoms with E-state index in [-0.39, 0.29) is 11.3 Å². The van der Waals surface area contributed by atoms with Crippen molar-refractivity contribution in [3.8, 4) is 0 Å². The normalized spacial score (nSPS) is 14.1. The van der Waals surface area contributed by atoms with Gasteiger partial charge in [-0.15, -0.1) is 0 Å². The topological polar surface area (TPSA) is 53.1 Å². The molecule has 1 heterocycles. The van der Waals surface area contributed by atoms with Gasteiger partial charge in [0.25, 0.3) is 0 Å². The Balaban J connectivity index is 3.14. The Hall–Kier alpha value is -1.03. The molecule has 4 nitrogen and oxygen atoms in total. The van der Waals surface area contributed by atoms with Crippen molar-refractivity contribution in [2.75, 3.05) is 19.5 Å². The number of methoxy groups -OCH3 is 1. The first-order valence-corrected chi connectivity index (χ1v) is 5.60. The summed E-state index contributed by atoms with van der Waals surface area (Å²) >= 11 is 0. The molecule has 0 aliphatic rings. The van der Waals surface area contributed by atoms with E-state index in [9.17, 15) is 0 Å². The Morgan fingerprint density at radius 3 is 2.38 bits per heavy atom. The van der Waals surface area contributed by atoms with Crippen molar-refractivity contribution >= 4 is 5.82 Å². The number of imidazole rings is 1. The molecular weight excluding hydrogens is 202 g/mol. The third kappa shape index (κ3) is 2.38. The van der Waals surface area contributed by atoms with Gasteiger partial charge in [0.05, 0.1) is 12.3 Å². The summed E-state index contributed by atoms with van der Waals surface area (Å²) < 4.78 is 7.12. The summed E-state index contributed by atoms with van der Waals surface area (Å²) in [6.45, 7) is 9.14. The number of hydrogen-bond acceptors (Lipinski definition) is 3. The minimum absolute atomic E-state index is 0.00785. The molecule has 0 bridgehead atoms. The molecule has 0 aromatic carbocycles. The molecule has 0 spiro atoms. The lowest BCUT2D eigenvalue weighted by Crippen LogP contribution is -2.18. The number of nitrogens with two attached hydrogens (primary N) is 1. The van der Waals surface area contributed by atoms with Gasteiger partial charge >= 0.3 is 0 Å². The number of rotatable bonds is 3. The summed E-state index contributed by atoms with van der Waals surface area (Å²) in [5.41, 5.74) is 7.02. The highest BCUT2D eigenvalue weighted by atomic mass is 16.5. The van der Waals surface area contributed by atoms with Crippen LogP contribution in [-0.2, 0) is 17.2 Å². The fourth-order valence-corrected chi connectivity index (χ4v) is 1.89. The fraction of sp³-hybridized carbons (Fsp3) is 0.750. The van der Waals surface area contributed by atoms with E-state index in [0.29, 0.717) is 6.61 Å². The maximum atomic E-state index is 6.08. The van der Waals surface area contributed by atoms with Crippen molar-refractivity contribution in [3.63, 3.8) is 0 Å². The van der Waals surface area contributed by atoms with Crippen LogP contribution in [0.4, 0.5) is 5.82 Å². The number of ether oxygens (including phenoxy) is 1. The smallest absolute Gasteiger partial charge is 0.126 e. The molecule has 1 aromatic rings. The highest BCUT2D eigenvalue weighted by Gasteiger charge is 2.25. The van der Waals surface area contributed by atoms with E-state index in [4.69, 9.17) is 10.5 Å². The van der Waals surface area contributed by atoms with Crippen LogP contribution in [0.2, 0.25) is 0 Å². The Labute approximate surface area is 97.8 Å². The Morgan fingerprint density at radius 1 is 1.44 bits per heavy atom. The molecule has 0 radical (unpaired) electrons. The maximum Gasteiger partial charge on any atom is 0.126 e. The van der Waals surface area contributed by atoms with Gasteiger partial charge in [-0.2, -0.15) is 0 Å². The van der Waals surface area contributed by atoms with E-state index in [1.807, 2.05) is 11.6 Å². The summed E-state index contributed by atoms with van der Waals surface area (Å²) in [5.74, 6) is 1.99. The molecule has 1 rings (SSSR count). The molecule has 0 fully saturated rings. The summed E-state index contributed by atoms with van der Waals surface area (Å²) in [4.78, 5) is 4.66. The lowest BCUT2D eigenvalue weighted by molar-refractivity contribution is 0.183. The van der Waals surface area contributed by atoms with E-state index in [2.05, 4.69) is 32.7 Å². The summed E-state index contributed by atoms with van der Waals surface area (Å²) in [6.07, 6.45) is 0. The molecule has 0 aliphatic heterocycles. The fourth-order valence-electron chi connectivity index (χ4n) is 1.89. The largest absolute Gasteiger partial charge is 0.384 e. The molecule has 0 aliphatic carbocycles. The van der Waals surface area contributed by atoms with Crippen molar-refractivity contribution in [1.29, 1.82) is 0 Å². The Kier molecular flexibility index (Phi) is 3.63. The van der Waals surface area contributed by atoms with Crippen LogP contribution in [0.25, 0.3) is 0 Å². The first-order valence-electron chi connectivity index (χ1n) is 5.60. The number of nitrogen functional groups attached to an aromatic ring is 1. The van der Waals surface area contributed by atoms with Gasteiger partial charge in [-0.3, -0.25) is 0 Å². The first-order chi connectivity index (χ1) is 7.29. The zero-order chi connectivity index (χ0) is 12.5. The number of hydrogen-bond donors (Lipinski definition) is 1. The maximum absolute atomic E-state index is 6.08. The lowest BCUT2D eigenvalue weighted by atomic mass is 9.96. The van der Waals surface area contributed by atoms with Gasteiger partial charge in [-0.05, 0) is 0 Å². The molecule has 1 aromatic heterocycles. The minimum atomic E-state index is 0.00785. The minimum Gasteiger partial charge on any atom is -0.384 e. The molecule has 0 saturated carbocycles. The molecule has 1 atom stereocenters. The van der Waals surface area contributed by atoms with Crippen LogP contribution in [0.5, 0.6) is 0 Å². The van der Waals surface area contributed by atoms with Gasteiger partial charge in [0.1, 0.15) is 11.6 Å². The Morgan fingerprint density at radius 2 is 2.00 bits per heavy atom. The van der Waals surface area contributed by atoms with E-state index < -0.39 is 0 Å². The van der Waals surface area contributed by atoms with Gasteiger partial charge in [0, 0.05) is 25.5 Å². The van der Waals surface area contributed by atoms with Crippen LogP contribution in [-0.4, -0.2) is 23.3 Å². The third-order valence-electron chi connectivity index (χ3n) is 2.72. The van der Waals surface area contributed by atoms with Gasteiger partial charge in [0.15, 0.2) is 0 Å². The molecular formula is C12H23N3O. The molecule has 0 amide bonds. The lowest BCUT2D eigenvalue weighted by Gasteiger charge is -2.17. The van der Waals surface area contributed by atoms with E-state index in [1.165, 1.54) is 0 Å². The van der Waals surface area contributed by atoms with Crippen LogP contribution >= 0.6 is 0 Å². The van der Waals surface area contributed by atoms with Crippen LogP contribution in [0.15, 0.2) is 0 Å². The quantitative estimate of drug-likeness (QED) is 0.856. The number of aromatic nitrogens is 2. The van der Waals surface area contributed by atoms with E-state index in [0.717, 1.165) is 17.3 Å². The summed E-state index contributed by atoms with van der Waals surface area (Å²) in [6, 6.07) is 0. The zero-order valence-corrected chi connectivity index (χ0v) is 11.2. The van der Waals surface area contributed by atoms with Gasteiger partial charge in [0.2, 0.25) is 0 Å². The predicted molar refractivity (Wildman–Crippen MR) is 66.6 cm³/mol. The Bertz CT molecular complexity index is 363. The average Bonchev–Trinajstić information content (AvgIpc) is 2.44. The van der Waals surface area contributed by atoms with Crippen molar-refractivity contribution in [2.24, 2.45) is 7.05 Å². The number of nitrogens with zero attached hydrogens (tertiary/aromatic N) is 2. The standard InChI is InChI=1S/C12H23N3O/c1-8(7-16-6)9-10(13)15(5)11(14-9)12(2,3)4/h8H,7,13H2,1-6H3. The van der Waals surface area contributed by atoms with Crippen LogP contribution in [0.1, 0.15) is 45.1 Å². The zero-order valence-electron chi connectivity index (χ0n) is 11.2. The highest BCUT2D eigenvalue weighted by Crippen LogP contribution is 2.28.